The highest BCUT2D eigenvalue weighted by atomic mass is 32.2. The van der Waals surface area contributed by atoms with E-state index in [1.165, 1.54) is 6.07 Å². The minimum absolute atomic E-state index is 0.102. The Balaban J connectivity index is 1.56. The molecular formula is C51H52N4O6S2. The predicted molar refractivity (Wildman–Crippen MR) is 253 cm³/mol. The van der Waals surface area contributed by atoms with Crippen molar-refractivity contribution in [3.05, 3.63) is 176 Å². The molecule has 0 fully saturated rings. The van der Waals surface area contributed by atoms with Crippen molar-refractivity contribution < 1.29 is 25.9 Å². The molecule has 0 unspecified atom stereocenters. The Kier molecular flexibility index (Phi) is 12.2. The Labute approximate surface area is 371 Å². The normalized spacial score (nSPS) is 11.9. The van der Waals surface area contributed by atoms with Crippen LogP contribution in [0.25, 0.3) is 22.3 Å². The van der Waals surface area contributed by atoms with Crippen LogP contribution in [0, 0.1) is 69.2 Å². The smallest absolute Gasteiger partial charge is 0.294 e. The zero-order chi connectivity index (χ0) is 45.7. The summed E-state index contributed by atoms with van der Waals surface area (Å²) in [5.74, 6) is -0.909. The van der Waals surface area contributed by atoms with E-state index < -0.39 is 35.9 Å². The molecule has 0 radical (unpaired) electrons. The van der Waals surface area contributed by atoms with E-state index in [0.29, 0.717) is 11.1 Å². The Morgan fingerprint density at radius 2 is 0.841 bits per heavy atom. The Hall–Kier alpha value is -6.18. The lowest BCUT2D eigenvalue weighted by atomic mass is 9.81. The molecule has 10 nitrogen and oxygen atoms in total. The summed E-state index contributed by atoms with van der Waals surface area (Å²) in [6.45, 7) is 20.3. The largest absolute Gasteiger partial charge is 0.355 e. The molecule has 63 heavy (non-hydrogen) atoms. The second-order valence-electron chi connectivity index (χ2n) is 16.8. The first-order chi connectivity index (χ1) is 29.6. The number of hydrogen-bond acceptors (Lipinski definition) is 8. The highest BCUT2D eigenvalue weighted by molar-refractivity contribution is 7.86. The summed E-state index contributed by atoms with van der Waals surface area (Å²) >= 11 is 0. The van der Waals surface area contributed by atoms with Gasteiger partial charge in [-0.25, -0.2) is 0 Å². The number of nitrogens with zero attached hydrogens (tertiary/aromatic N) is 2. The van der Waals surface area contributed by atoms with Gasteiger partial charge < -0.3 is 10.6 Å². The van der Waals surface area contributed by atoms with Crippen molar-refractivity contribution in [3.8, 4) is 22.3 Å². The number of nitrogens with one attached hydrogen (secondary N) is 2. The minimum atomic E-state index is -5.07. The molecule has 0 saturated heterocycles. The summed E-state index contributed by atoms with van der Waals surface area (Å²) in [7, 11) is -9.93. The molecule has 5 aromatic carbocycles. The van der Waals surface area contributed by atoms with Crippen LogP contribution in [0.15, 0.2) is 113 Å². The van der Waals surface area contributed by atoms with Gasteiger partial charge in [-0.3, -0.25) is 19.1 Å². The van der Waals surface area contributed by atoms with Crippen molar-refractivity contribution in [2.75, 3.05) is 10.6 Å². The summed E-state index contributed by atoms with van der Waals surface area (Å²) in [5.41, 5.74) is 18.7. The fourth-order valence-electron chi connectivity index (χ4n) is 9.08. The third-order valence-corrected chi connectivity index (χ3v) is 13.4. The van der Waals surface area contributed by atoms with Gasteiger partial charge in [0.2, 0.25) is 0 Å². The molecule has 0 aliphatic carbocycles. The standard InChI is InChI=1S/C51H52N4O6S2/c1-28-17-30(3)50(31(4)18-28)54-44-15-11-38(21-42(44)47-34(7)24-52-25-35(47)8)49(41-14-13-40(62(56,57)58)23-46(41)63(59,60)61)39-12-16-45(55-51-32(5)19-29(2)20-33(51)6)43(22-39)48-36(9)26-53-27-37(48)10/h11-27,49,54-55H,1-10H3,(H,56,57,58)(H,59,60,61). The van der Waals surface area contributed by atoms with E-state index in [9.17, 15) is 25.9 Å². The molecule has 7 aromatic rings. The summed E-state index contributed by atoms with van der Waals surface area (Å²) in [4.78, 5) is 7.58. The van der Waals surface area contributed by atoms with Gasteiger partial charge in [-0.15, -0.1) is 0 Å². The second-order valence-corrected chi connectivity index (χ2v) is 19.6. The van der Waals surface area contributed by atoms with Crippen molar-refractivity contribution in [3.63, 3.8) is 0 Å². The maximum atomic E-state index is 13.4. The van der Waals surface area contributed by atoms with Crippen LogP contribution in [0.2, 0.25) is 0 Å². The lowest BCUT2D eigenvalue weighted by molar-refractivity contribution is 0.480. The first-order valence-corrected chi connectivity index (χ1v) is 23.4. The number of aromatic nitrogens is 2. The maximum absolute atomic E-state index is 13.4. The quantitative estimate of drug-likeness (QED) is 0.0728. The van der Waals surface area contributed by atoms with Gasteiger partial charge in [-0.05, 0) is 178 Å². The zero-order valence-corrected chi connectivity index (χ0v) is 38.8. The van der Waals surface area contributed by atoms with E-state index >= 15 is 0 Å². The van der Waals surface area contributed by atoms with Crippen LogP contribution >= 0.6 is 0 Å². The predicted octanol–water partition coefficient (Wildman–Crippen LogP) is 12.1. The van der Waals surface area contributed by atoms with E-state index in [0.717, 1.165) is 113 Å². The molecule has 0 spiro atoms. The number of benzene rings is 5. The third-order valence-electron chi connectivity index (χ3n) is 11.7. The van der Waals surface area contributed by atoms with Crippen molar-refractivity contribution >= 4 is 43.0 Å². The number of aryl methyl sites for hydroxylation is 10. The van der Waals surface area contributed by atoms with Crippen molar-refractivity contribution in [1.82, 2.24) is 9.97 Å². The van der Waals surface area contributed by atoms with Gasteiger partial charge in [0.1, 0.15) is 0 Å². The molecule has 324 valence electrons. The van der Waals surface area contributed by atoms with E-state index in [4.69, 9.17) is 0 Å². The van der Waals surface area contributed by atoms with E-state index in [1.54, 1.807) is 24.8 Å². The topological polar surface area (TPSA) is 159 Å². The number of pyridine rings is 2. The summed E-state index contributed by atoms with van der Waals surface area (Å²) < 4.78 is 72.5. The molecule has 0 bridgehead atoms. The number of anilines is 4. The molecule has 2 aromatic heterocycles. The second kappa shape index (κ2) is 17.2. The van der Waals surface area contributed by atoms with E-state index in [2.05, 4.69) is 86.4 Å². The molecule has 12 heteroatoms. The number of hydrogen-bond donors (Lipinski definition) is 4. The third kappa shape index (κ3) is 9.17. The van der Waals surface area contributed by atoms with Gasteiger partial charge in [-0.1, -0.05) is 53.6 Å². The van der Waals surface area contributed by atoms with Crippen molar-refractivity contribution in [2.45, 2.75) is 84.9 Å². The maximum Gasteiger partial charge on any atom is 0.294 e. The van der Waals surface area contributed by atoms with Crippen LogP contribution in [0.3, 0.4) is 0 Å². The van der Waals surface area contributed by atoms with Crippen LogP contribution in [0.4, 0.5) is 22.7 Å². The molecule has 0 amide bonds. The highest BCUT2D eigenvalue weighted by Crippen LogP contribution is 2.45. The Morgan fingerprint density at radius 3 is 1.19 bits per heavy atom. The Bertz CT molecular complexity index is 2950. The average molecular weight is 881 g/mol. The summed E-state index contributed by atoms with van der Waals surface area (Å²) in [6.07, 6.45) is 7.21. The number of rotatable bonds is 11. The fraction of sp³-hybridized carbons (Fsp3) is 0.216. The van der Waals surface area contributed by atoms with Crippen LogP contribution in [-0.4, -0.2) is 35.9 Å². The molecule has 0 aliphatic rings. The molecule has 0 saturated carbocycles. The molecule has 0 atom stereocenters. The van der Waals surface area contributed by atoms with Crippen molar-refractivity contribution in [1.29, 1.82) is 0 Å². The van der Waals surface area contributed by atoms with E-state index in [-0.39, 0.29) is 5.56 Å². The van der Waals surface area contributed by atoms with Gasteiger partial charge in [-0.2, -0.15) is 16.8 Å². The van der Waals surface area contributed by atoms with E-state index in [1.807, 2.05) is 64.1 Å². The van der Waals surface area contributed by atoms with Crippen molar-refractivity contribution in [2.24, 2.45) is 0 Å². The van der Waals surface area contributed by atoms with Gasteiger partial charge in [0, 0.05) is 64.6 Å². The molecule has 0 aliphatic heterocycles. The molecule has 4 N–H and O–H groups in total. The molecular weight excluding hydrogens is 829 g/mol. The minimum Gasteiger partial charge on any atom is -0.355 e. The summed E-state index contributed by atoms with van der Waals surface area (Å²) in [5, 5.41) is 7.43. The van der Waals surface area contributed by atoms with Crippen LogP contribution < -0.4 is 10.6 Å². The van der Waals surface area contributed by atoms with Gasteiger partial charge in [0.25, 0.3) is 20.2 Å². The summed E-state index contributed by atoms with van der Waals surface area (Å²) in [6, 6.07) is 23.6. The lowest BCUT2D eigenvalue weighted by Crippen LogP contribution is -2.13. The molecule has 2 heterocycles. The van der Waals surface area contributed by atoms with Crippen LogP contribution in [0.1, 0.15) is 78.2 Å². The van der Waals surface area contributed by atoms with Gasteiger partial charge in [0.15, 0.2) is 0 Å². The average Bonchev–Trinajstić information content (AvgIpc) is 3.18. The fourth-order valence-corrected chi connectivity index (χ4v) is 10.4. The van der Waals surface area contributed by atoms with Crippen LogP contribution in [-0.2, 0) is 20.2 Å². The first kappa shape index (κ1) is 44.9. The van der Waals surface area contributed by atoms with Crippen LogP contribution in [0.5, 0.6) is 0 Å². The first-order valence-electron chi connectivity index (χ1n) is 20.5. The SMILES string of the molecule is Cc1cc(C)c(Nc2ccc(C(c3ccc(Nc4c(C)cc(C)cc4C)c(-c4c(C)cncc4C)c3)c3ccc(S(=O)(=O)O)cc3S(=O)(=O)O)cc2-c2c(C)cncc2C)c(C)c1. The van der Waals surface area contributed by atoms with Gasteiger partial charge in [0.05, 0.1) is 9.79 Å². The lowest BCUT2D eigenvalue weighted by Gasteiger charge is -2.26. The molecule has 7 rings (SSSR count). The highest BCUT2D eigenvalue weighted by Gasteiger charge is 2.30. The van der Waals surface area contributed by atoms with Gasteiger partial charge >= 0.3 is 0 Å². The monoisotopic (exact) mass is 880 g/mol. The zero-order valence-electron chi connectivity index (χ0n) is 37.1. The Morgan fingerprint density at radius 1 is 0.460 bits per heavy atom.